The molecule has 0 amide bonds. The smallest absolute Gasteiger partial charge is 0.341 e. The molecule has 0 unspecified atom stereocenters. The first-order valence-electron chi connectivity index (χ1n) is 5.34. The average molecular weight is 270 g/mol. The fourth-order valence-electron chi connectivity index (χ4n) is 1.99. The van der Waals surface area contributed by atoms with Gasteiger partial charge in [0.2, 0.25) is 0 Å². The van der Waals surface area contributed by atoms with Crippen LogP contribution in [-0.4, -0.2) is 15.5 Å². The van der Waals surface area contributed by atoms with Gasteiger partial charge in [-0.2, -0.15) is 5.26 Å². The molecule has 5 nitrogen and oxygen atoms in total. The van der Waals surface area contributed by atoms with Crippen molar-refractivity contribution in [1.82, 2.24) is 4.40 Å². The van der Waals surface area contributed by atoms with Crippen LogP contribution in [0.15, 0.2) is 35.1 Å². The van der Waals surface area contributed by atoms with Crippen LogP contribution in [0.3, 0.4) is 0 Å². The van der Waals surface area contributed by atoms with E-state index < -0.39 is 17.1 Å². The number of carboxylic acids is 1. The van der Waals surface area contributed by atoms with E-state index in [0.717, 1.165) is 10.8 Å². The highest BCUT2D eigenvalue weighted by Crippen LogP contribution is 2.27. The molecule has 3 rings (SSSR count). The predicted octanol–water partition coefficient (Wildman–Crippen LogP) is 2.08. The zero-order valence-electron chi connectivity index (χ0n) is 9.45. The van der Waals surface area contributed by atoms with Crippen molar-refractivity contribution in [2.24, 2.45) is 0 Å². The number of nitrogens with zero attached hydrogens (tertiary/aromatic N) is 2. The SMILES string of the molecule is N#Cc1cc(C(=O)O)c(=O)n2c1sc1ccccc12. The molecule has 0 aliphatic rings. The molecule has 92 valence electrons. The van der Waals surface area contributed by atoms with Crippen LogP contribution < -0.4 is 5.56 Å². The third kappa shape index (κ3) is 1.53. The lowest BCUT2D eigenvalue weighted by Gasteiger charge is -1.99. The molecule has 1 aromatic carbocycles. The van der Waals surface area contributed by atoms with Crippen molar-refractivity contribution in [2.75, 3.05) is 0 Å². The molecule has 0 radical (unpaired) electrons. The van der Waals surface area contributed by atoms with Gasteiger partial charge in [0.1, 0.15) is 16.5 Å². The minimum Gasteiger partial charge on any atom is -0.477 e. The Bertz CT molecular complexity index is 931. The van der Waals surface area contributed by atoms with Gasteiger partial charge in [-0.3, -0.25) is 9.20 Å². The summed E-state index contributed by atoms with van der Waals surface area (Å²) in [6, 6.07) is 10.2. The van der Waals surface area contributed by atoms with E-state index in [0.29, 0.717) is 10.3 Å². The number of para-hydroxylation sites is 1. The Hall–Kier alpha value is -2.65. The van der Waals surface area contributed by atoms with Gasteiger partial charge in [0.15, 0.2) is 0 Å². The molecular weight excluding hydrogens is 264 g/mol. The van der Waals surface area contributed by atoms with Crippen LogP contribution in [0.5, 0.6) is 0 Å². The van der Waals surface area contributed by atoms with Crippen molar-refractivity contribution in [2.45, 2.75) is 0 Å². The predicted molar refractivity (Wildman–Crippen MR) is 70.7 cm³/mol. The molecule has 0 atom stereocenters. The third-order valence-electron chi connectivity index (χ3n) is 2.82. The third-order valence-corrected chi connectivity index (χ3v) is 3.98. The largest absolute Gasteiger partial charge is 0.477 e. The summed E-state index contributed by atoms with van der Waals surface area (Å²) in [5, 5.41) is 18.1. The standard InChI is InChI=1S/C13H6N2O3S/c14-6-7-5-8(13(17)18)11(16)15-9-3-1-2-4-10(9)19-12(7)15/h1-5H,(H,17,18). The maximum atomic E-state index is 12.2. The molecule has 2 aromatic heterocycles. The maximum absolute atomic E-state index is 12.2. The van der Waals surface area contributed by atoms with Gasteiger partial charge in [-0.05, 0) is 18.2 Å². The number of carboxylic acid groups (broad SMARTS) is 1. The molecule has 6 heteroatoms. The first kappa shape index (κ1) is 11.4. The topological polar surface area (TPSA) is 82.6 Å². The number of aromatic carboxylic acids is 1. The second-order valence-electron chi connectivity index (χ2n) is 3.90. The Morgan fingerprint density at radius 3 is 2.79 bits per heavy atom. The lowest BCUT2D eigenvalue weighted by Crippen LogP contribution is -2.21. The number of pyridine rings is 1. The molecule has 1 N–H and O–H groups in total. The summed E-state index contributed by atoms with van der Waals surface area (Å²) in [6.07, 6.45) is 0. The zero-order chi connectivity index (χ0) is 13.6. The number of hydrogen-bond donors (Lipinski definition) is 1. The second-order valence-corrected chi connectivity index (χ2v) is 4.93. The number of nitriles is 1. The summed E-state index contributed by atoms with van der Waals surface area (Å²) in [5.74, 6) is -1.33. The van der Waals surface area contributed by atoms with Crippen LogP contribution in [0.2, 0.25) is 0 Å². The number of fused-ring (bicyclic) bond motifs is 3. The highest BCUT2D eigenvalue weighted by Gasteiger charge is 2.17. The lowest BCUT2D eigenvalue weighted by atomic mass is 10.2. The summed E-state index contributed by atoms with van der Waals surface area (Å²) in [7, 11) is 0. The lowest BCUT2D eigenvalue weighted by molar-refractivity contribution is 0.0695. The Kier molecular flexibility index (Phi) is 2.37. The monoisotopic (exact) mass is 270 g/mol. The van der Waals surface area contributed by atoms with Gasteiger partial charge in [-0.15, -0.1) is 11.3 Å². The minimum absolute atomic E-state index is 0.193. The van der Waals surface area contributed by atoms with Gasteiger partial charge in [-0.1, -0.05) is 12.1 Å². The number of aromatic nitrogens is 1. The molecule has 0 bridgehead atoms. The molecule has 19 heavy (non-hydrogen) atoms. The molecule has 0 fully saturated rings. The van der Waals surface area contributed by atoms with Crippen LogP contribution in [-0.2, 0) is 0 Å². The van der Waals surface area contributed by atoms with Gasteiger partial charge < -0.3 is 5.11 Å². The van der Waals surface area contributed by atoms with E-state index in [1.807, 2.05) is 18.2 Å². The molecular formula is C13H6N2O3S. The number of hydrogen-bond acceptors (Lipinski definition) is 4. The average Bonchev–Trinajstić information content (AvgIpc) is 2.78. The highest BCUT2D eigenvalue weighted by molar-refractivity contribution is 7.24. The van der Waals surface area contributed by atoms with E-state index in [4.69, 9.17) is 10.4 Å². The van der Waals surface area contributed by atoms with Crippen molar-refractivity contribution in [3.8, 4) is 6.07 Å². The van der Waals surface area contributed by atoms with Crippen LogP contribution in [0.4, 0.5) is 0 Å². The fraction of sp³-hybridized carbons (Fsp3) is 0. The number of benzene rings is 1. The number of rotatable bonds is 1. The first-order valence-corrected chi connectivity index (χ1v) is 6.16. The summed E-state index contributed by atoms with van der Waals surface area (Å²) in [5.41, 5.74) is -0.193. The van der Waals surface area contributed by atoms with E-state index in [2.05, 4.69) is 0 Å². The van der Waals surface area contributed by atoms with E-state index >= 15 is 0 Å². The fourth-order valence-corrected chi connectivity index (χ4v) is 3.09. The molecule has 0 saturated heterocycles. The molecule has 0 saturated carbocycles. The summed E-state index contributed by atoms with van der Waals surface area (Å²) >= 11 is 1.29. The van der Waals surface area contributed by atoms with Crippen molar-refractivity contribution in [3.05, 3.63) is 51.8 Å². The van der Waals surface area contributed by atoms with Crippen LogP contribution in [0.25, 0.3) is 15.0 Å². The quantitative estimate of drug-likeness (QED) is 0.734. The normalized spacial score (nSPS) is 10.7. The molecule has 0 aliphatic carbocycles. The maximum Gasteiger partial charge on any atom is 0.341 e. The molecule has 2 heterocycles. The Morgan fingerprint density at radius 1 is 1.37 bits per heavy atom. The van der Waals surface area contributed by atoms with Gasteiger partial charge in [-0.25, -0.2) is 4.79 Å². The molecule has 0 spiro atoms. The summed E-state index contributed by atoms with van der Waals surface area (Å²) in [4.78, 5) is 23.7. The van der Waals surface area contributed by atoms with Crippen molar-refractivity contribution in [1.29, 1.82) is 5.26 Å². The highest BCUT2D eigenvalue weighted by atomic mass is 32.1. The van der Waals surface area contributed by atoms with Crippen LogP contribution in [0.1, 0.15) is 15.9 Å². The number of carbonyl (C=O) groups is 1. The van der Waals surface area contributed by atoms with Crippen LogP contribution in [0, 0.1) is 11.3 Å². The Labute approximate surface area is 110 Å². The summed E-state index contributed by atoms with van der Waals surface area (Å²) < 4.78 is 2.13. The number of thiazole rings is 1. The second kappa shape index (κ2) is 3.93. The van der Waals surface area contributed by atoms with Gasteiger partial charge in [0.25, 0.3) is 5.56 Å². The van der Waals surface area contributed by atoms with Crippen molar-refractivity contribution >= 4 is 32.4 Å². The first-order chi connectivity index (χ1) is 9.13. The van der Waals surface area contributed by atoms with E-state index in [9.17, 15) is 9.59 Å². The Balaban J connectivity index is 2.65. The molecule has 0 aliphatic heterocycles. The van der Waals surface area contributed by atoms with Gasteiger partial charge in [0, 0.05) is 0 Å². The van der Waals surface area contributed by atoms with Gasteiger partial charge >= 0.3 is 5.97 Å². The minimum atomic E-state index is -1.33. The van der Waals surface area contributed by atoms with Crippen molar-refractivity contribution in [3.63, 3.8) is 0 Å². The Morgan fingerprint density at radius 2 is 2.11 bits per heavy atom. The van der Waals surface area contributed by atoms with E-state index in [1.165, 1.54) is 15.7 Å². The van der Waals surface area contributed by atoms with E-state index in [-0.39, 0.29) is 5.56 Å². The summed E-state index contributed by atoms with van der Waals surface area (Å²) in [6.45, 7) is 0. The van der Waals surface area contributed by atoms with Gasteiger partial charge in [0.05, 0.1) is 15.8 Å². The van der Waals surface area contributed by atoms with Crippen LogP contribution >= 0.6 is 11.3 Å². The molecule has 3 aromatic rings. The zero-order valence-corrected chi connectivity index (χ0v) is 10.3. The van der Waals surface area contributed by atoms with Crippen molar-refractivity contribution < 1.29 is 9.90 Å². The van der Waals surface area contributed by atoms with E-state index in [1.54, 1.807) is 12.1 Å².